The Labute approximate surface area is 160 Å². The summed E-state index contributed by atoms with van der Waals surface area (Å²) in [5.41, 5.74) is 0.556. The summed E-state index contributed by atoms with van der Waals surface area (Å²) in [6.45, 7) is 4.99. The molecular formula is C21H29FN2O3. The molecule has 6 heteroatoms. The van der Waals surface area contributed by atoms with Gasteiger partial charge in [0.25, 0.3) is 5.91 Å². The van der Waals surface area contributed by atoms with Crippen molar-refractivity contribution in [1.82, 2.24) is 9.80 Å². The summed E-state index contributed by atoms with van der Waals surface area (Å²) in [5, 5.41) is 0. The number of benzene rings is 1. The number of alkyl halides is 1. The first kappa shape index (κ1) is 18.7. The molecule has 27 heavy (non-hydrogen) atoms. The van der Waals surface area contributed by atoms with Gasteiger partial charge in [-0.3, -0.25) is 4.79 Å². The van der Waals surface area contributed by atoms with E-state index in [2.05, 4.69) is 4.90 Å². The number of morpholine rings is 1. The number of rotatable bonds is 6. The van der Waals surface area contributed by atoms with Gasteiger partial charge in [0.15, 0.2) is 0 Å². The van der Waals surface area contributed by atoms with E-state index in [0.717, 1.165) is 30.6 Å². The fraction of sp³-hybridized carbons (Fsp3) is 0.667. The Morgan fingerprint density at radius 3 is 2.59 bits per heavy atom. The highest BCUT2D eigenvalue weighted by Crippen LogP contribution is 2.37. The molecule has 1 aliphatic carbocycles. The lowest BCUT2D eigenvalue weighted by molar-refractivity contribution is -0.0890. The van der Waals surface area contributed by atoms with E-state index < -0.39 is 6.36 Å². The van der Waals surface area contributed by atoms with E-state index in [-0.39, 0.29) is 19.1 Å². The van der Waals surface area contributed by atoms with Crippen molar-refractivity contribution in [3.8, 4) is 5.75 Å². The van der Waals surface area contributed by atoms with E-state index in [4.69, 9.17) is 9.47 Å². The summed E-state index contributed by atoms with van der Waals surface area (Å²) in [6.07, 6.45) is 3.88. The monoisotopic (exact) mass is 376 g/mol. The zero-order valence-electron chi connectivity index (χ0n) is 15.8. The van der Waals surface area contributed by atoms with Crippen LogP contribution in [0.15, 0.2) is 24.3 Å². The Morgan fingerprint density at radius 2 is 1.89 bits per heavy atom. The number of carbonyl (C=O) groups excluding carboxylic acids is 1. The van der Waals surface area contributed by atoms with Crippen molar-refractivity contribution >= 4 is 5.91 Å². The number of ether oxygens (including phenoxy) is 2. The number of halogens is 1. The van der Waals surface area contributed by atoms with Crippen molar-refractivity contribution in [2.75, 3.05) is 45.9 Å². The van der Waals surface area contributed by atoms with Gasteiger partial charge in [-0.15, -0.1) is 0 Å². The van der Waals surface area contributed by atoms with Crippen molar-refractivity contribution < 1.29 is 18.7 Å². The third-order valence-corrected chi connectivity index (χ3v) is 6.10. The number of nitrogens with zero attached hydrogens (tertiary/aromatic N) is 2. The topological polar surface area (TPSA) is 42.0 Å². The van der Waals surface area contributed by atoms with E-state index >= 15 is 0 Å². The Balaban J connectivity index is 1.18. The molecule has 0 radical (unpaired) electrons. The van der Waals surface area contributed by atoms with Crippen LogP contribution in [-0.4, -0.2) is 68.0 Å². The van der Waals surface area contributed by atoms with Crippen LogP contribution in [0.2, 0.25) is 0 Å². The van der Waals surface area contributed by atoms with E-state index in [1.54, 1.807) is 12.1 Å². The minimum Gasteiger partial charge on any atom is -0.494 e. The number of carbonyl (C=O) groups is 1. The quantitative estimate of drug-likeness (QED) is 0.716. The number of hydrogen-bond acceptors (Lipinski definition) is 4. The molecular weight excluding hydrogens is 347 g/mol. The maximum Gasteiger partial charge on any atom is 0.254 e. The molecule has 1 amide bonds. The molecule has 1 aromatic rings. The Bertz CT molecular complexity index is 627. The van der Waals surface area contributed by atoms with Crippen LogP contribution in [0.3, 0.4) is 0 Å². The maximum absolute atomic E-state index is 13.3. The second-order valence-electron chi connectivity index (χ2n) is 7.97. The summed E-state index contributed by atoms with van der Waals surface area (Å²) in [6, 6.07) is 7.14. The molecule has 0 spiro atoms. The second kappa shape index (κ2) is 8.57. The molecule has 0 bridgehead atoms. The van der Waals surface area contributed by atoms with Gasteiger partial charge in [-0.25, -0.2) is 4.39 Å². The molecule has 1 aromatic carbocycles. The Kier molecular flexibility index (Phi) is 5.93. The van der Waals surface area contributed by atoms with Gasteiger partial charge in [0.1, 0.15) is 5.75 Å². The molecule has 5 nitrogen and oxygen atoms in total. The lowest BCUT2D eigenvalue weighted by atomic mass is 10.0. The average molecular weight is 376 g/mol. The maximum atomic E-state index is 13.3. The Morgan fingerprint density at radius 1 is 1.15 bits per heavy atom. The van der Waals surface area contributed by atoms with E-state index in [0.29, 0.717) is 18.7 Å². The summed E-state index contributed by atoms with van der Waals surface area (Å²) in [5.74, 6) is 2.49. The zero-order valence-corrected chi connectivity index (χ0v) is 15.8. The van der Waals surface area contributed by atoms with E-state index in [9.17, 15) is 9.18 Å². The average Bonchev–Trinajstić information content (AvgIpc) is 3.27. The van der Waals surface area contributed by atoms with Gasteiger partial charge in [0, 0.05) is 31.7 Å². The fourth-order valence-electron chi connectivity index (χ4n) is 4.66. The largest absolute Gasteiger partial charge is 0.494 e. The summed E-state index contributed by atoms with van der Waals surface area (Å²) < 4.78 is 24.0. The number of fused-ring (bicyclic) bond motifs is 1. The molecule has 3 atom stereocenters. The van der Waals surface area contributed by atoms with Crippen LogP contribution in [0.4, 0.5) is 4.39 Å². The highest BCUT2D eigenvalue weighted by Gasteiger charge is 2.35. The first-order valence-electron chi connectivity index (χ1n) is 10.2. The third-order valence-electron chi connectivity index (χ3n) is 6.10. The number of amides is 1. The first-order chi connectivity index (χ1) is 13.2. The van der Waals surface area contributed by atoms with Crippen LogP contribution in [-0.2, 0) is 4.74 Å². The summed E-state index contributed by atoms with van der Waals surface area (Å²) in [7, 11) is 0. The smallest absolute Gasteiger partial charge is 0.254 e. The fourth-order valence-corrected chi connectivity index (χ4v) is 4.66. The molecule has 3 fully saturated rings. The van der Waals surface area contributed by atoms with Crippen LogP contribution in [0.25, 0.3) is 0 Å². The lowest BCUT2D eigenvalue weighted by Crippen LogP contribution is -2.44. The van der Waals surface area contributed by atoms with Gasteiger partial charge < -0.3 is 19.3 Å². The van der Waals surface area contributed by atoms with Crippen LogP contribution < -0.4 is 4.74 Å². The molecule has 1 saturated carbocycles. The lowest BCUT2D eigenvalue weighted by Gasteiger charge is -2.29. The molecule has 0 aromatic heterocycles. The van der Waals surface area contributed by atoms with Gasteiger partial charge in [0.2, 0.25) is 6.36 Å². The molecule has 3 unspecified atom stereocenters. The third kappa shape index (κ3) is 4.61. The van der Waals surface area contributed by atoms with Gasteiger partial charge in [0.05, 0.1) is 19.8 Å². The Hall–Kier alpha value is -1.66. The molecule has 2 heterocycles. The highest BCUT2D eigenvalue weighted by molar-refractivity contribution is 5.94. The van der Waals surface area contributed by atoms with Crippen LogP contribution >= 0.6 is 0 Å². The summed E-state index contributed by atoms with van der Waals surface area (Å²) in [4.78, 5) is 16.5. The van der Waals surface area contributed by atoms with Crippen LogP contribution in [0, 0.1) is 11.8 Å². The predicted octanol–water partition coefficient (Wildman–Crippen LogP) is 2.96. The SMILES string of the molecule is O=C(c1ccc(OCCCN2CC3CCCC3C2)cc1)N1CCOC(F)C1. The number of hydrogen-bond donors (Lipinski definition) is 0. The van der Waals surface area contributed by atoms with Crippen molar-refractivity contribution in [2.24, 2.45) is 11.8 Å². The molecule has 4 rings (SSSR count). The van der Waals surface area contributed by atoms with Gasteiger partial charge in [-0.2, -0.15) is 0 Å². The molecule has 3 aliphatic rings. The normalized spacial score (nSPS) is 28.3. The van der Waals surface area contributed by atoms with Gasteiger partial charge in [-0.05, 0) is 55.4 Å². The predicted molar refractivity (Wildman–Crippen MR) is 101 cm³/mol. The molecule has 2 aliphatic heterocycles. The second-order valence-corrected chi connectivity index (χ2v) is 7.97. The van der Waals surface area contributed by atoms with Crippen molar-refractivity contribution in [3.05, 3.63) is 29.8 Å². The van der Waals surface area contributed by atoms with E-state index in [1.807, 2.05) is 12.1 Å². The molecule has 2 saturated heterocycles. The highest BCUT2D eigenvalue weighted by atomic mass is 19.1. The van der Waals surface area contributed by atoms with Crippen LogP contribution in [0.5, 0.6) is 5.75 Å². The summed E-state index contributed by atoms with van der Waals surface area (Å²) >= 11 is 0. The first-order valence-corrected chi connectivity index (χ1v) is 10.2. The zero-order chi connectivity index (χ0) is 18.6. The van der Waals surface area contributed by atoms with E-state index in [1.165, 1.54) is 37.3 Å². The standard InChI is InChI=1S/C21H29FN2O3/c22-20-15-24(10-12-27-20)21(25)16-5-7-19(8-6-16)26-11-2-9-23-13-17-3-1-4-18(17)14-23/h5-8,17-18,20H,1-4,9-15H2. The van der Waals surface area contributed by atoms with Crippen LogP contribution in [0.1, 0.15) is 36.0 Å². The van der Waals surface area contributed by atoms with Crippen molar-refractivity contribution in [3.63, 3.8) is 0 Å². The van der Waals surface area contributed by atoms with Crippen molar-refractivity contribution in [2.45, 2.75) is 32.0 Å². The molecule has 148 valence electrons. The van der Waals surface area contributed by atoms with Gasteiger partial charge in [-0.1, -0.05) is 6.42 Å². The van der Waals surface area contributed by atoms with Crippen molar-refractivity contribution in [1.29, 1.82) is 0 Å². The molecule has 0 N–H and O–H groups in total. The minimum atomic E-state index is -1.39. The van der Waals surface area contributed by atoms with Gasteiger partial charge >= 0.3 is 0 Å². The number of likely N-dealkylation sites (tertiary alicyclic amines) is 1. The minimum absolute atomic E-state index is 0.00466.